The average Bonchev–Trinajstić information content (AvgIpc) is 2.98. The van der Waals surface area contributed by atoms with Crippen LogP contribution in [-0.2, 0) is 29.0 Å². The molecule has 7 nitrogen and oxygen atoms in total. The third-order valence-electron chi connectivity index (χ3n) is 5.18. The zero-order chi connectivity index (χ0) is 22.5. The molecule has 2 aromatic rings. The van der Waals surface area contributed by atoms with E-state index < -0.39 is 13.4 Å². The van der Waals surface area contributed by atoms with Crippen LogP contribution in [-0.4, -0.2) is 32.3 Å². The first-order chi connectivity index (χ1) is 13.9. The fourth-order valence-corrected chi connectivity index (χ4v) is 4.06. The van der Waals surface area contributed by atoms with E-state index in [0.717, 1.165) is 18.5 Å². The predicted octanol–water partition coefficient (Wildman–Crippen LogP) is 3.61. The second-order valence-corrected chi connectivity index (χ2v) is 9.70. The van der Waals surface area contributed by atoms with Gasteiger partial charge in [-0.15, -0.1) is 0 Å². The van der Waals surface area contributed by atoms with Crippen molar-refractivity contribution in [3.63, 3.8) is 0 Å². The van der Waals surface area contributed by atoms with Gasteiger partial charge in [0.05, 0.1) is 12.3 Å². The Morgan fingerprint density at radius 1 is 1.17 bits per heavy atom. The van der Waals surface area contributed by atoms with E-state index in [-0.39, 0.29) is 12.4 Å². The number of rotatable bonds is 11. The van der Waals surface area contributed by atoms with Crippen molar-refractivity contribution in [2.24, 2.45) is 12.8 Å². The van der Waals surface area contributed by atoms with Gasteiger partial charge in [-0.3, -0.25) is 9.32 Å². The number of phosphoric acid groups is 1. The van der Waals surface area contributed by atoms with Crippen LogP contribution in [0.3, 0.4) is 0 Å². The number of phosphoric ester groups is 1. The summed E-state index contributed by atoms with van der Waals surface area (Å²) in [6.45, 7) is 5.60. The third kappa shape index (κ3) is 7.82. The first kappa shape index (κ1) is 24.5. The zero-order valence-electron chi connectivity index (χ0n) is 18.2. The van der Waals surface area contributed by atoms with Crippen LogP contribution in [0.15, 0.2) is 30.3 Å². The SMILES string of the molecule is Cc1cc(C)cc(CCCC(=O)c2ccc(CCC(C)(N)COP(=O)(O)O)n2C)c1. The first-order valence-electron chi connectivity index (χ1n) is 10.1. The number of benzene rings is 1. The highest BCUT2D eigenvalue weighted by molar-refractivity contribution is 7.46. The molecule has 0 amide bonds. The number of carbonyl (C=O) groups is 1. The van der Waals surface area contributed by atoms with Gasteiger partial charge in [0.1, 0.15) is 0 Å². The Hall–Kier alpha value is -1.76. The molecule has 0 bridgehead atoms. The number of Topliss-reactive ketones (excluding diaryl/α,β-unsaturated/α-hetero) is 1. The molecule has 4 N–H and O–H groups in total. The van der Waals surface area contributed by atoms with E-state index in [1.165, 1.54) is 16.7 Å². The maximum Gasteiger partial charge on any atom is 0.469 e. The van der Waals surface area contributed by atoms with Crippen LogP contribution in [0.2, 0.25) is 0 Å². The van der Waals surface area contributed by atoms with Gasteiger partial charge in [-0.05, 0) is 64.2 Å². The summed E-state index contributed by atoms with van der Waals surface area (Å²) in [6.07, 6.45) is 3.18. The van der Waals surface area contributed by atoms with Crippen molar-refractivity contribution in [3.8, 4) is 0 Å². The van der Waals surface area contributed by atoms with Gasteiger partial charge in [0.2, 0.25) is 0 Å². The van der Waals surface area contributed by atoms with E-state index in [0.29, 0.717) is 25.0 Å². The summed E-state index contributed by atoms with van der Waals surface area (Å²) in [4.78, 5) is 30.3. The average molecular weight is 436 g/mol. The van der Waals surface area contributed by atoms with Crippen LogP contribution in [0.5, 0.6) is 0 Å². The van der Waals surface area contributed by atoms with Gasteiger partial charge in [0.15, 0.2) is 5.78 Å². The third-order valence-corrected chi connectivity index (χ3v) is 5.64. The summed E-state index contributed by atoms with van der Waals surface area (Å²) in [5.41, 5.74) is 10.5. The van der Waals surface area contributed by atoms with Crippen molar-refractivity contribution in [1.82, 2.24) is 4.57 Å². The van der Waals surface area contributed by atoms with Crippen LogP contribution >= 0.6 is 7.82 Å². The fourth-order valence-electron chi connectivity index (χ4n) is 3.60. The van der Waals surface area contributed by atoms with Gasteiger partial charge < -0.3 is 20.1 Å². The topological polar surface area (TPSA) is 115 Å². The number of nitrogens with zero attached hydrogens (tertiary/aromatic N) is 1. The Morgan fingerprint density at radius 3 is 2.40 bits per heavy atom. The fraction of sp³-hybridized carbons (Fsp3) is 0.500. The Morgan fingerprint density at radius 2 is 1.80 bits per heavy atom. The summed E-state index contributed by atoms with van der Waals surface area (Å²) in [6, 6.07) is 10.2. The summed E-state index contributed by atoms with van der Waals surface area (Å²) < 4.78 is 17.3. The molecule has 166 valence electrons. The molecule has 0 aliphatic carbocycles. The number of aromatic nitrogens is 1. The van der Waals surface area contributed by atoms with Crippen molar-refractivity contribution in [3.05, 3.63) is 58.4 Å². The first-order valence-corrected chi connectivity index (χ1v) is 11.6. The molecule has 1 atom stereocenters. The molecule has 8 heteroatoms. The van der Waals surface area contributed by atoms with Crippen LogP contribution in [0.25, 0.3) is 0 Å². The normalized spacial score (nSPS) is 14.0. The van der Waals surface area contributed by atoms with Gasteiger partial charge in [0, 0.05) is 24.7 Å². The van der Waals surface area contributed by atoms with E-state index >= 15 is 0 Å². The van der Waals surface area contributed by atoms with Gasteiger partial charge in [-0.1, -0.05) is 29.3 Å². The van der Waals surface area contributed by atoms with E-state index in [1.807, 2.05) is 23.7 Å². The predicted molar refractivity (Wildman–Crippen MR) is 118 cm³/mol. The molecule has 0 spiro atoms. The maximum atomic E-state index is 12.7. The highest BCUT2D eigenvalue weighted by Crippen LogP contribution is 2.36. The minimum Gasteiger partial charge on any atom is -0.345 e. The van der Waals surface area contributed by atoms with Crippen molar-refractivity contribution in [1.29, 1.82) is 0 Å². The number of hydrogen-bond acceptors (Lipinski definition) is 4. The number of carbonyl (C=O) groups excluding carboxylic acids is 1. The molecule has 1 unspecified atom stereocenters. The largest absolute Gasteiger partial charge is 0.469 e. The van der Waals surface area contributed by atoms with Crippen LogP contribution in [0, 0.1) is 13.8 Å². The summed E-state index contributed by atoms with van der Waals surface area (Å²) in [5, 5.41) is 0. The number of aryl methyl sites for hydroxylation is 4. The molecule has 2 rings (SSSR count). The summed E-state index contributed by atoms with van der Waals surface area (Å²) >= 11 is 0. The molecule has 0 aliphatic heterocycles. The van der Waals surface area contributed by atoms with Gasteiger partial charge >= 0.3 is 7.82 Å². The monoisotopic (exact) mass is 436 g/mol. The minimum atomic E-state index is -4.55. The van der Waals surface area contributed by atoms with E-state index in [9.17, 15) is 9.36 Å². The smallest absolute Gasteiger partial charge is 0.345 e. The standard InChI is InChI=1S/C22H33N2O5P/c1-16-12-17(2)14-18(13-16)6-5-7-21(25)20-9-8-19(24(20)4)10-11-22(3,23)15-29-30(26,27)28/h8-9,12-14H,5-7,10-11,15,23H2,1-4H3,(H2,26,27,28). The molecule has 0 saturated heterocycles. The van der Waals surface area contributed by atoms with Crippen molar-refractivity contribution in [2.45, 2.75) is 58.4 Å². The van der Waals surface area contributed by atoms with Gasteiger partial charge in [0.25, 0.3) is 0 Å². The maximum absolute atomic E-state index is 12.7. The van der Waals surface area contributed by atoms with Crippen molar-refractivity contribution in [2.75, 3.05) is 6.61 Å². The van der Waals surface area contributed by atoms with Crippen LogP contribution < -0.4 is 5.73 Å². The Labute approximate surface area is 178 Å². The molecular weight excluding hydrogens is 403 g/mol. The Bertz CT molecular complexity index is 909. The van der Waals surface area contributed by atoms with E-state index in [1.54, 1.807) is 6.92 Å². The van der Waals surface area contributed by atoms with Gasteiger partial charge in [-0.2, -0.15) is 0 Å². The minimum absolute atomic E-state index is 0.105. The lowest BCUT2D eigenvalue weighted by molar-refractivity contribution is 0.0971. The van der Waals surface area contributed by atoms with Crippen LogP contribution in [0.1, 0.15) is 59.1 Å². The number of ketones is 1. The Balaban J connectivity index is 1.89. The summed E-state index contributed by atoms with van der Waals surface area (Å²) in [5.74, 6) is 0.105. The molecule has 0 aliphatic rings. The molecule has 0 saturated carbocycles. The lowest BCUT2D eigenvalue weighted by Crippen LogP contribution is -2.41. The molecule has 1 aromatic heterocycles. The highest BCUT2D eigenvalue weighted by Gasteiger charge is 2.25. The lowest BCUT2D eigenvalue weighted by atomic mass is 9.97. The summed E-state index contributed by atoms with van der Waals surface area (Å²) in [7, 11) is -2.69. The van der Waals surface area contributed by atoms with Crippen molar-refractivity contribution < 1.29 is 23.7 Å². The van der Waals surface area contributed by atoms with E-state index in [2.05, 4.69) is 36.6 Å². The van der Waals surface area contributed by atoms with E-state index in [4.69, 9.17) is 15.5 Å². The molecule has 1 heterocycles. The molecule has 1 aromatic carbocycles. The molecule has 0 radical (unpaired) electrons. The highest BCUT2D eigenvalue weighted by atomic mass is 31.2. The van der Waals surface area contributed by atoms with Gasteiger partial charge in [-0.25, -0.2) is 4.57 Å². The molecule has 0 fully saturated rings. The molecular formula is C22H33N2O5P. The lowest BCUT2D eigenvalue weighted by Gasteiger charge is -2.24. The Kier molecular flexibility index (Phi) is 8.20. The number of nitrogens with two attached hydrogens (primary N) is 1. The zero-order valence-corrected chi connectivity index (χ0v) is 19.1. The second kappa shape index (κ2) is 10.0. The number of hydrogen-bond donors (Lipinski definition) is 3. The quantitative estimate of drug-likeness (QED) is 0.366. The molecule has 30 heavy (non-hydrogen) atoms. The second-order valence-electron chi connectivity index (χ2n) is 8.46. The van der Waals surface area contributed by atoms with Crippen molar-refractivity contribution >= 4 is 13.6 Å². The van der Waals surface area contributed by atoms with Crippen LogP contribution in [0.4, 0.5) is 0 Å².